The molecule has 1 aromatic rings. The third-order valence-corrected chi connectivity index (χ3v) is 2.45. The van der Waals surface area contributed by atoms with E-state index in [4.69, 9.17) is 5.73 Å². The summed E-state index contributed by atoms with van der Waals surface area (Å²) in [5.41, 5.74) is 4.77. The van der Waals surface area contributed by atoms with Crippen LogP contribution in [0, 0.1) is 0 Å². The summed E-state index contributed by atoms with van der Waals surface area (Å²) >= 11 is 0. The van der Waals surface area contributed by atoms with Crippen molar-refractivity contribution in [3.63, 3.8) is 0 Å². The second kappa shape index (κ2) is 5.62. The number of anilines is 1. The van der Waals surface area contributed by atoms with E-state index in [1.54, 1.807) is 0 Å². The fourth-order valence-corrected chi connectivity index (χ4v) is 1.44. The smallest absolute Gasteiger partial charge is 0.346 e. The van der Waals surface area contributed by atoms with Gasteiger partial charge in [-0.3, -0.25) is 9.36 Å². The zero-order valence-corrected chi connectivity index (χ0v) is 10.4. The maximum Gasteiger partial charge on any atom is 0.346 e. The lowest BCUT2D eigenvalue weighted by molar-refractivity contribution is 0.599. The molecule has 7 nitrogen and oxygen atoms in total. The summed E-state index contributed by atoms with van der Waals surface area (Å²) in [7, 11) is 2.94. The Labute approximate surface area is 99.2 Å². The third kappa shape index (κ3) is 3.42. The molecule has 3 N–H and O–H groups in total. The highest BCUT2D eigenvalue weighted by atomic mass is 16.2. The predicted octanol–water partition coefficient (Wildman–Crippen LogP) is -0.982. The quantitative estimate of drug-likeness (QED) is 0.646. The summed E-state index contributed by atoms with van der Waals surface area (Å²) < 4.78 is 2.16. The van der Waals surface area contributed by atoms with Crippen LogP contribution < -0.4 is 22.3 Å². The lowest BCUT2D eigenvalue weighted by Crippen LogP contribution is -2.40. The molecule has 0 saturated heterocycles. The number of hydrogen-bond acceptors (Lipinski definition) is 5. The second-order valence-corrected chi connectivity index (χ2v) is 4.17. The van der Waals surface area contributed by atoms with Crippen LogP contribution in [0.15, 0.2) is 9.59 Å². The van der Waals surface area contributed by atoms with E-state index in [1.165, 1.54) is 14.1 Å². The zero-order chi connectivity index (χ0) is 13.0. The van der Waals surface area contributed by atoms with Gasteiger partial charge in [0.05, 0.1) is 0 Å². The molecule has 0 aliphatic carbocycles. The molecule has 0 saturated carbocycles. The minimum absolute atomic E-state index is 0.146. The van der Waals surface area contributed by atoms with Gasteiger partial charge in [0.2, 0.25) is 5.82 Å². The lowest BCUT2D eigenvalue weighted by atomic mass is 10.2. The highest BCUT2D eigenvalue weighted by Gasteiger charge is 2.07. The fourth-order valence-electron chi connectivity index (χ4n) is 1.44. The molecule has 0 aliphatic heterocycles. The molecule has 0 fully saturated rings. The van der Waals surface area contributed by atoms with E-state index in [0.717, 1.165) is 22.1 Å². The number of nitrogens with zero attached hydrogens (tertiary/aromatic N) is 3. The Bertz CT molecular complexity index is 488. The first kappa shape index (κ1) is 13.4. The molecular weight excluding hydrogens is 222 g/mol. The van der Waals surface area contributed by atoms with E-state index in [0.29, 0.717) is 6.54 Å². The van der Waals surface area contributed by atoms with Gasteiger partial charge in [-0.15, -0.1) is 5.10 Å². The first-order valence-electron chi connectivity index (χ1n) is 5.57. The van der Waals surface area contributed by atoms with Crippen molar-refractivity contribution >= 4 is 5.82 Å². The molecule has 0 aliphatic rings. The summed E-state index contributed by atoms with van der Waals surface area (Å²) in [4.78, 5) is 23.0. The number of rotatable bonds is 5. The van der Waals surface area contributed by atoms with E-state index >= 15 is 0 Å². The van der Waals surface area contributed by atoms with Gasteiger partial charge in [0.15, 0.2) is 0 Å². The Morgan fingerprint density at radius 3 is 2.65 bits per heavy atom. The highest BCUT2D eigenvalue weighted by molar-refractivity contribution is 5.29. The van der Waals surface area contributed by atoms with Crippen molar-refractivity contribution in [1.82, 2.24) is 14.3 Å². The van der Waals surface area contributed by atoms with Crippen molar-refractivity contribution in [2.75, 3.05) is 11.9 Å². The van der Waals surface area contributed by atoms with Crippen LogP contribution in [0.2, 0.25) is 0 Å². The van der Waals surface area contributed by atoms with Crippen LogP contribution in [0.4, 0.5) is 5.82 Å². The molecule has 1 atom stereocenters. The molecule has 1 unspecified atom stereocenters. The Hall–Kier alpha value is -1.63. The second-order valence-electron chi connectivity index (χ2n) is 4.17. The first-order chi connectivity index (χ1) is 7.93. The van der Waals surface area contributed by atoms with Gasteiger partial charge in [-0.2, -0.15) is 0 Å². The Morgan fingerprint density at radius 2 is 2.06 bits per heavy atom. The van der Waals surface area contributed by atoms with E-state index in [2.05, 4.69) is 10.4 Å². The van der Waals surface area contributed by atoms with Crippen molar-refractivity contribution in [2.45, 2.75) is 25.8 Å². The lowest BCUT2D eigenvalue weighted by Gasteiger charge is -2.08. The fraction of sp³-hybridized carbons (Fsp3) is 0.700. The molecule has 1 rings (SSSR count). The van der Waals surface area contributed by atoms with Crippen LogP contribution in [-0.2, 0) is 14.1 Å². The standard InChI is InChI=1S/C10H19N5O2/c1-7(11)5-4-6-12-8-9(16)14(2)10(17)15(3)13-8/h7H,4-6,11H2,1-3H3,(H,12,13). The molecule has 0 amide bonds. The molecule has 0 radical (unpaired) electrons. The Morgan fingerprint density at radius 1 is 1.41 bits per heavy atom. The van der Waals surface area contributed by atoms with Gasteiger partial charge in [0, 0.05) is 26.7 Å². The van der Waals surface area contributed by atoms with Gasteiger partial charge in [0.25, 0.3) is 5.56 Å². The van der Waals surface area contributed by atoms with Crippen LogP contribution in [0.5, 0.6) is 0 Å². The molecule has 0 aromatic carbocycles. The molecule has 0 spiro atoms. The van der Waals surface area contributed by atoms with Crippen LogP contribution in [0.25, 0.3) is 0 Å². The average Bonchev–Trinajstić information content (AvgIpc) is 2.27. The summed E-state index contributed by atoms with van der Waals surface area (Å²) in [5, 5.41) is 6.80. The average molecular weight is 241 g/mol. The molecule has 17 heavy (non-hydrogen) atoms. The Balaban J connectivity index is 2.73. The van der Waals surface area contributed by atoms with Crippen LogP contribution in [-0.4, -0.2) is 26.9 Å². The number of hydrogen-bond donors (Lipinski definition) is 2. The number of nitrogens with one attached hydrogen (secondary N) is 1. The number of aryl methyl sites for hydroxylation is 1. The van der Waals surface area contributed by atoms with Gasteiger partial charge >= 0.3 is 5.69 Å². The monoisotopic (exact) mass is 241 g/mol. The zero-order valence-electron chi connectivity index (χ0n) is 10.4. The van der Waals surface area contributed by atoms with E-state index < -0.39 is 11.2 Å². The maximum atomic E-state index is 11.7. The van der Waals surface area contributed by atoms with Gasteiger partial charge in [-0.1, -0.05) is 0 Å². The van der Waals surface area contributed by atoms with Gasteiger partial charge in [-0.05, 0) is 19.8 Å². The summed E-state index contributed by atoms with van der Waals surface area (Å²) in [6.45, 7) is 2.55. The van der Waals surface area contributed by atoms with Crippen LogP contribution >= 0.6 is 0 Å². The van der Waals surface area contributed by atoms with E-state index in [9.17, 15) is 9.59 Å². The summed E-state index contributed by atoms with van der Waals surface area (Å²) in [5.74, 6) is 0.194. The van der Waals surface area contributed by atoms with E-state index in [-0.39, 0.29) is 11.9 Å². The summed E-state index contributed by atoms with van der Waals surface area (Å²) in [6, 6.07) is 0.146. The van der Waals surface area contributed by atoms with Gasteiger partial charge < -0.3 is 11.1 Å². The molecule has 0 bridgehead atoms. The maximum absolute atomic E-state index is 11.7. The molecule has 1 aromatic heterocycles. The summed E-state index contributed by atoms with van der Waals surface area (Å²) in [6.07, 6.45) is 1.73. The highest BCUT2D eigenvalue weighted by Crippen LogP contribution is 1.95. The molecule has 1 heterocycles. The van der Waals surface area contributed by atoms with Gasteiger partial charge in [-0.25, -0.2) is 9.48 Å². The van der Waals surface area contributed by atoms with E-state index in [1.807, 2.05) is 6.92 Å². The number of aromatic nitrogens is 3. The van der Waals surface area contributed by atoms with Crippen molar-refractivity contribution in [3.8, 4) is 0 Å². The predicted molar refractivity (Wildman–Crippen MR) is 66.1 cm³/mol. The Kier molecular flexibility index (Phi) is 4.45. The van der Waals surface area contributed by atoms with Crippen LogP contribution in [0.3, 0.4) is 0 Å². The molecule has 96 valence electrons. The molecular formula is C10H19N5O2. The SMILES string of the molecule is CC(N)CCCNc1nn(C)c(=O)n(C)c1=O. The largest absolute Gasteiger partial charge is 0.364 e. The molecule has 7 heteroatoms. The van der Waals surface area contributed by atoms with Gasteiger partial charge in [0.1, 0.15) is 0 Å². The minimum atomic E-state index is -0.434. The van der Waals surface area contributed by atoms with Crippen molar-refractivity contribution in [2.24, 2.45) is 19.8 Å². The van der Waals surface area contributed by atoms with Crippen molar-refractivity contribution in [1.29, 1.82) is 0 Å². The third-order valence-electron chi connectivity index (χ3n) is 2.45. The minimum Gasteiger partial charge on any atom is -0.364 e. The topological polar surface area (TPSA) is 94.9 Å². The van der Waals surface area contributed by atoms with Crippen molar-refractivity contribution in [3.05, 3.63) is 20.8 Å². The first-order valence-corrected chi connectivity index (χ1v) is 5.57. The normalized spacial score (nSPS) is 12.5. The van der Waals surface area contributed by atoms with Crippen molar-refractivity contribution < 1.29 is 0 Å². The number of nitrogens with two attached hydrogens (primary N) is 1. The van der Waals surface area contributed by atoms with Crippen LogP contribution in [0.1, 0.15) is 19.8 Å².